The van der Waals surface area contributed by atoms with E-state index in [1.54, 1.807) is 0 Å². The Morgan fingerprint density at radius 3 is 2.12 bits per heavy atom. The van der Waals surface area contributed by atoms with Gasteiger partial charge in [0.2, 0.25) is 0 Å². The molecule has 1 aromatic carbocycles. The van der Waals surface area contributed by atoms with Crippen LogP contribution in [0.15, 0.2) is 16.6 Å². The molecular formula is C12H17BrCl2N2. The number of anilines is 1. The molecule has 1 aromatic rings. The van der Waals surface area contributed by atoms with E-state index in [9.17, 15) is 0 Å². The fourth-order valence-electron chi connectivity index (χ4n) is 1.34. The predicted molar refractivity (Wildman–Crippen MR) is 80.4 cm³/mol. The molecule has 0 aromatic heterocycles. The number of hydrogen-bond donors (Lipinski definition) is 2. The number of benzene rings is 1. The molecule has 0 unspecified atom stereocenters. The van der Waals surface area contributed by atoms with Crippen LogP contribution in [0.3, 0.4) is 0 Å². The molecule has 17 heavy (non-hydrogen) atoms. The standard InChI is InChI=1S/C12H17BrCl2N2/c1-12(2,3)17-5-4-16-11-9(14)6-8(13)7-10(11)15/h6-7,16-17H,4-5H2,1-3H3. The van der Waals surface area contributed by atoms with Crippen molar-refractivity contribution in [1.29, 1.82) is 0 Å². The highest BCUT2D eigenvalue weighted by molar-refractivity contribution is 9.10. The van der Waals surface area contributed by atoms with Crippen LogP contribution in [0.2, 0.25) is 10.0 Å². The molecule has 0 saturated heterocycles. The van der Waals surface area contributed by atoms with E-state index in [-0.39, 0.29) is 5.54 Å². The minimum atomic E-state index is 0.120. The predicted octanol–water partition coefficient (Wildman–Crippen LogP) is 4.56. The second kappa shape index (κ2) is 6.28. The SMILES string of the molecule is CC(C)(C)NCCNc1c(Cl)cc(Br)cc1Cl. The Hall–Kier alpha value is 0.0400. The van der Waals surface area contributed by atoms with Crippen LogP contribution >= 0.6 is 39.1 Å². The maximum Gasteiger partial charge on any atom is 0.0720 e. The highest BCUT2D eigenvalue weighted by Crippen LogP contribution is 2.33. The molecule has 2 N–H and O–H groups in total. The lowest BCUT2D eigenvalue weighted by atomic mass is 10.1. The lowest BCUT2D eigenvalue weighted by Gasteiger charge is -2.21. The van der Waals surface area contributed by atoms with Crippen LogP contribution in [0.25, 0.3) is 0 Å². The number of rotatable bonds is 4. The summed E-state index contributed by atoms with van der Waals surface area (Å²) in [5, 5.41) is 7.87. The maximum absolute atomic E-state index is 6.11. The smallest absolute Gasteiger partial charge is 0.0720 e. The summed E-state index contributed by atoms with van der Waals surface area (Å²) in [7, 11) is 0. The zero-order chi connectivity index (χ0) is 13.1. The van der Waals surface area contributed by atoms with Crippen molar-refractivity contribution < 1.29 is 0 Å². The van der Waals surface area contributed by atoms with Crippen molar-refractivity contribution in [3.05, 3.63) is 26.7 Å². The van der Waals surface area contributed by atoms with Crippen LogP contribution in [0.1, 0.15) is 20.8 Å². The Kier molecular flexibility index (Phi) is 5.58. The fraction of sp³-hybridized carbons (Fsp3) is 0.500. The topological polar surface area (TPSA) is 24.1 Å². The van der Waals surface area contributed by atoms with Crippen molar-refractivity contribution in [2.24, 2.45) is 0 Å². The van der Waals surface area contributed by atoms with Crippen LogP contribution in [0.5, 0.6) is 0 Å². The van der Waals surface area contributed by atoms with Crippen molar-refractivity contribution in [2.75, 3.05) is 18.4 Å². The van der Waals surface area contributed by atoms with E-state index in [0.717, 1.165) is 23.2 Å². The highest BCUT2D eigenvalue weighted by Gasteiger charge is 2.09. The van der Waals surface area contributed by atoms with Crippen LogP contribution in [0, 0.1) is 0 Å². The third-order valence-corrected chi connectivity index (χ3v) is 3.14. The number of hydrogen-bond acceptors (Lipinski definition) is 2. The van der Waals surface area contributed by atoms with Gasteiger partial charge in [0.15, 0.2) is 0 Å². The quantitative estimate of drug-likeness (QED) is 0.786. The Labute approximate surface area is 121 Å². The highest BCUT2D eigenvalue weighted by atomic mass is 79.9. The van der Waals surface area contributed by atoms with Gasteiger partial charge in [0.05, 0.1) is 15.7 Å². The number of nitrogens with one attached hydrogen (secondary N) is 2. The van der Waals surface area contributed by atoms with E-state index in [1.165, 1.54) is 0 Å². The van der Waals surface area contributed by atoms with Crippen LogP contribution < -0.4 is 10.6 Å². The van der Waals surface area contributed by atoms with Crippen LogP contribution in [-0.2, 0) is 0 Å². The molecular weight excluding hydrogens is 323 g/mol. The molecule has 0 amide bonds. The molecule has 0 aliphatic rings. The molecule has 0 radical (unpaired) electrons. The first kappa shape index (κ1) is 15.1. The molecule has 96 valence electrons. The van der Waals surface area contributed by atoms with Gasteiger partial charge in [-0.25, -0.2) is 0 Å². The molecule has 0 bridgehead atoms. The van der Waals surface area contributed by atoms with Gasteiger partial charge in [0, 0.05) is 23.1 Å². The van der Waals surface area contributed by atoms with Crippen LogP contribution in [-0.4, -0.2) is 18.6 Å². The van der Waals surface area contributed by atoms with Gasteiger partial charge in [0.25, 0.3) is 0 Å². The number of halogens is 3. The third kappa shape index (κ3) is 5.47. The van der Waals surface area contributed by atoms with Crippen LogP contribution in [0.4, 0.5) is 5.69 Å². The van der Waals surface area contributed by atoms with Crippen molar-refractivity contribution in [1.82, 2.24) is 5.32 Å². The molecule has 1 rings (SSSR count). The largest absolute Gasteiger partial charge is 0.381 e. The van der Waals surface area contributed by atoms with Gasteiger partial charge in [-0.1, -0.05) is 39.1 Å². The van der Waals surface area contributed by atoms with E-state index in [2.05, 4.69) is 47.3 Å². The average Bonchev–Trinajstić information content (AvgIpc) is 2.13. The molecule has 2 nitrogen and oxygen atoms in total. The van der Waals surface area contributed by atoms with Gasteiger partial charge < -0.3 is 10.6 Å². The first-order valence-corrected chi connectivity index (χ1v) is 6.98. The molecule has 0 atom stereocenters. The summed E-state index contributed by atoms with van der Waals surface area (Å²) in [6.45, 7) is 8.02. The molecule has 0 spiro atoms. The average molecular weight is 340 g/mol. The fourth-order valence-corrected chi connectivity index (χ4v) is 2.68. The second-order valence-corrected chi connectivity index (χ2v) is 6.58. The first-order chi connectivity index (χ1) is 7.79. The molecule has 0 aliphatic heterocycles. The Balaban J connectivity index is 2.53. The Morgan fingerprint density at radius 1 is 1.12 bits per heavy atom. The van der Waals surface area contributed by atoms with Crippen molar-refractivity contribution in [3.8, 4) is 0 Å². The van der Waals surface area contributed by atoms with Crippen molar-refractivity contribution >= 4 is 44.8 Å². The summed E-state index contributed by atoms with van der Waals surface area (Å²) >= 11 is 15.6. The second-order valence-electron chi connectivity index (χ2n) is 4.85. The van der Waals surface area contributed by atoms with Gasteiger partial charge in [-0.05, 0) is 32.9 Å². The van der Waals surface area contributed by atoms with E-state index < -0.39 is 0 Å². The molecule has 0 aliphatic carbocycles. The third-order valence-electron chi connectivity index (χ3n) is 2.09. The molecule has 0 saturated carbocycles. The van der Waals surface area contributed by atoms with Crippen molar-refractivity contribution in [2.45, 2.75) is 26.3 Å². The Morgan fingerprint density at radius 2 is 1.65 bits per heavy atom. The first-order valence-electron chi connectivity index (χ1n) is 5.43. The van der Waals surface area contributed by atoms with Gasteiger partial charge in [-0.15, -0.1) is 0 Å². The maximum atomic E-state index is 6.11. The minimum Gasteiger partial charge on any atom is -0.381 e. The van der Waals surface area contributed by atoms with Gasteiger partial charge in [-0.3, -0.25) is 0 Å². The van der Waals surface area contributed by atoms with E-state index >= 15 is 0 Å². The summed E-state index contributed by atoms with van der Waals surface area (Å²) in [6, 6.07) is 3.65. The molecule has 0 heterocycles. The molecule has 5 heteroatoms. The van der Waals surface area contributed by atoms with E-state index in [4.69, 9.17) is 23.2 Å². The van der Waals surface area contributed by atoms with E-state index in [0.29, 0.717) is 10.0 Å². The van der Waals surface area contributed by atoms with Gasteiger partial charge >= 0.3 is 0 Å². The molecule has 0 fully saturated rings. The lowest BCUT2D eigenvalue weighted by molar-refractivity contribution is 0.435. The van der Waals surface area contributed by atoms with Crippen molar-refractivity contribution in [3.63, 3.8) is 0 Å². The minimum absolute atomic E-state index is 0.120. The Bertz CT molecular complexity index is 366. The monoisotopic (exact) mass is 338 g/mol. The zero-order valence-electron chi connectivity index (χ0n) is 10.2. The summed E-state index contributed by atoms with van der Waals surface area (Å²) < 4.78 is 0.880. The summed E-state index contributed by atoms with van der Waals surface area (Å²) in [4.78, 5) is 0. The summed E-state index contributed by atoms with van der Waals surface area (Å²) in [5.74, 6) is 0. The zero-order valence-corrected chi connectivity index (χ0v) is 13.3. The van der Waals surface area contributed by atoms with E-state index in [1.807, 2.05) is 12.1 Å². The van der Waals surface area contributed by atoms with Gasteiger partial charge in [0.1, 0.15) is 0 Å². The summed E-state index contributed by atoms with van der Waals surface area (Å²) in [6.07, 6.45) is 0. The lowest BCUT2D eigenvalue weighted by Crippen LogP contribution is -2.38. The normalized spacial score (nSPS) is 11.6. The van der Waals surface area contributed by atoms with Gasteiger partial charge in [-0.2, -0.15) is 0 Å². The summed E-state index contributed by atoms with van der Waals surface area (Å²) in [5.41, 5.74) is 0.905.